The SMILES string of the molecule is C.CC(C)(C)C#CC1(C)CC1.CC(C)(C)OCCCO.CC(C)C#CC(C)(C)C.CCC#CC(C)(C)C.CCCOC(C)(C)C.C[C@@H](O)C#CC(C)(C)C. The summed E-state index contributed by atoms with van der Waals surface area (Å²) in [5, 5.41) is 17.1. The van der Waals surface area contributed by atoms with Crippen LogP contribution in [0.3, 0.4) is 0 Å². The van der Waals surface area contributed by atoms with Gasteiger partial charge in [-0.1, -0.05) is 76.6 Å². The van der Waals surface area contributed by atoms with Crippen molar-refractivity contribution in [2.75, 3.05) is 19.8 Å². The molecule has 1 atom stereocenters. The highest BCUT2D eigenvalue weighted by molar-refractivity contribution is 5.20. The molecule has 0 spiro atoms. The van der Waals surface area contributed by atoms with E-state index < -0.39 is 6.10 Å². The standard InChI is InChI=1S/C10H16.C9H16.C8H14O.C8H14.C7H16O2.C7H16O.CH4/c1-9(2,3)5-6-10(4)7-8-10;1-8(2)6-7-9(3,4)5;1-7(9)5-6-8(2,3)4;1-5-6-7-8(2,3)4;1-7(2,3)9-6-4-5-8;1-5-6-8-7(2,3)4;/h7-8H2,1-4H3;8H,1-5H3;7,9H,1-4H3;5H2,1-4H3;8H,4-6H2,1-3H3;5-6H2,1-4H3;1H4/t;;7-;;;;/m..1..../s1. The Morgan fingerprint density at radius 2 is 0.963 bits per heavy atom. The summed E-state index contributed by atoms with van der Waals surface area (Å²) < 4.78 is 10.7. The summed E-state index contributed by atoms with van der Waals surface area (Å²) >= 11 is 0. The first-order valence-corrected chi connectivity index (χ1v) is 20.1. The first-order chi connectivity index (χ1) is 23.4. The second kappa shape index (κ2) is 31.2. The van der Waals surface area contributed by atoms with Crippen LogP contribution in [0.1, 0.15) is 206 Å². The Bertz CT molecular complexity index is 1080. The molecule has 0 aliphatic heterocycles. The van der Waals surface area contributed by atoms with Crippen LogP contribution < -0.4 is 0 Å². The minimum atomic E-state index is -0.496. The van der Waals surface area contributed by atoms with Gasteiger partial charge in [-0.3, -0.25) is 0 Å². The summed E-state index contributed by atoms with van der Waals surface area (Å²) in [7, 11) is 0. The summed E-state index contributed by atoms with van der Waals surface area (Å²) in [6, 6.07) is 0. The van der Waals surface area contributed by atoms with Crippen LogP contribution in [0.2, 0.25) is 0 Å². The number of aliphatic hydroxyl groups is 2. The van der Waals surface area contributed by atoms with Crippen LogP contribution in [0.15, 0.2) is 0 Å². The van der Waals surface area contributed by atoms with E-state index in [1.165, 1.54) is 12.8 Å². The van der Waals surface area contributed by atoms with Gasteiger partial charge >= 0.3 is 0 Å². The molecule has 1 saturated carbocycles. The topological polar surface area (TPSA) is 58.9 Å². The molecular formula is C50H96O4. The van der Waals surface area contributed by atoms with Crippen molar-refractivity contribution in [3.05, 3.63) is 0 Å². The average Bonchev–Trinajstić information content (AvgIpc) is 3.68. The fraction of sp³-hybridized carbons (Fsp3) is 0.840. The predicted molar refractivity (Wildman–Crippen MR) is 243 cm³/mol. The molecule has 0 radical (unpaired) electrons. The highest BCUT2D eigenvalue weighted by Crippen LogP contribution is 2.44. The molecule has 0 unspecified atom stereocenters. The van der Waals surface area contributed by atoms with E-state index in [4.69, 9.17) is 19.7 Å². The highest BCUT2D eigenvalue weighted by atomic mass is 16.5. The normalized spacial score (nSPS) is 13.3. The van der Waals surface area contributed by atoms with E-state index >= 15 is 0 Å². The van der Waals surface area contributed by atoms with Crippen LogP contribution in [0.5, 0.6) is 0 Å². The summed E-state index contributed by atoms with van der Waals surface area (Å²) in [4.78, 5) is 0. The molecule has 4 heteroatoms. The zero-order valence-electron chi connectivity index (χ0n) is 40.0. The first-order valence-electron chi connectivity index (χ1n) is 20.1. The maximum absolute atomic E-state index is 8.74. The third-order valence-corrected chi connectivity index (χ3v) is 5.35. The molecule has 0 heterocycles. The summed E-state index contributed by atoms with van der Waals surface area (Å²) in [6.45, 7) is 51.6. The van der Waals surface area contributed by atoms with Gasteiger partial charge in [0.2, 0.25) is 0 Å². The minimum absolute atomic E-state index is 0. The molecule has 0 aromatic rings. The summed E-state index contributed by atoms with van der Waals surface area (Å²) in [6.07, 6.45) is 4.92. The first kappa shape index (κ1) is 64.0. The van der Waals surface area contributed by atoms with Crippen molar-refractivity contribution in [1.29, 1.82) is 0 Å². The Kier molecular flexibility index (Phi) is 37.0. The maximum atomic E-state index is 8.74. The number of rotatable bonds is 5. The van der Waals surface area contributed by atoms with Crippen LogP contribution in [-0.2, 0) is 9.47 Å². The smallest absolute Gasteiger partial charge is 0.111 e. The molecule has 1 rings (SSSR count). The lowest BCUT2D eigenvalue weighted by molar-refractivity contribution is -0.00869. The lowest BCUT2D eigenvalue weighted by Crippen LogP contribution is -2.20. The van der Waals surface area contributed by atoms with Gasteiger partial charge in [0.25, 0.3) is 0 Å². The third kappa shape index (κ3) is 83.2. The Balaban J connectivity index is -0.000000128. The highest BCUT2D eigenvalue weighted by Gasteiger charge is 2.35. The number of aliphatic hydroxyl groups excluding tert-OH is 2. The van der Waals surface area contributed by atoms with Crippen molar-refractivity contribution in [3.8, 4) is 47.4 Å². The van der Waals surface area contributed by atoms with Gasteiger partial charge in [0.05, 0.1) is 11.2 Å². The largest absolute Gasteiger partial charge is 0.396 e. The number of ether oxygens (including phenoxy) is 2. The molecule has 54 heavy (non-hydrogen) atoms. The van der Waals surface area contributed by atoms with Crippen molar-refractivity contribution in [1.82, 2.24) is 0 Å². The number of hydrogen-bond acceptors (Lipinski definition) is 4. The number of hydrogen-bond donors (Lipinski definition) is 2. The monoisotopic (exact) mass is 761 g/mol. The van der Waals surface area contributed by atoms with E-state index in [0.29, 0.717) is 17.9 Å². The van der Waals surface area contributed by atoms with E-state index in [-0.39, 0.29) is 46.9 Å². The Labute approximate surface area is 341 Å². The van der Waals surface area contributed by atoms with Gasteiger partial charge in [-0.2, -0.15) is 0 Å². The Morgan fingerprint density at radius 3 is 1.15 bits per heavy atom. The van der Waals surface area contributed by atoms with Gasteiger partial charge in [0, 0.05) is 59.2 Å². The van der Waals surface area contributed by atoms with Crippen LogP contribution in [-0.4, -0.2) is 47.3 Å². The zero-order valence-corrected chi connectivity index (χ0v) is 40.0. The molecule has 0 bridgehead atoms. The van der Waals surface area contributed by atoms with Gasteiger partial charge in [0.1, 0.15) is 6.10 Å². The van der Waals surface area contributed by atoms with Crippen molar-refractivity contribution in [3.63, 3.8) is 0 Å². The van der Waals surface area contributed by atoms with Gasteiger partial charge in [-0.15, -0.1) is 5.92 Å². The Morgan fingerprint density at radius 1 is 0.593 bits per heavy atom. The third-order valence-electron chi connectivity index (χ3n) is 5.35. The van der Waals surface area contributed by atoms with Crippen molar-refractivity contribution < 1.29 is 19.7 Å². The Hall–Kier alpha value is -1.92. The van der Waals surface area contributed by atoms with Gasteiger partial charge < -0.3 is 19.7 Å². The van der Waals surface area contributed by atoms with Gasteiger partial charge in [0.15, 0.2) is 0 Å². The van der Waals surface area contributed by atoms with Crippen LogP contribution in [0.25, 0.3) is 0 Å². The van der Waals surface area contributed by atoms with Crippen molar-refractivity contribution in [2.45, 2.75) is 223 Å². The van der Waals surface area contributed by atoms with Crippen LogP contribution in [0, 0.1) is 80.4 Å². The van der Waals surface area contributed by atoms with Crippen molar-refractivity contribution >= 4 is 0 Å². The maximum Gasteiger partial charge on any atom is 0.111 e. The molecule has 2 N–H and O–H groups in total. The molecule has 0 aromatic heterocycles. The van der Waals surface area contributed by atoms with Crippen LogP contribution >= 0.6 is 0 Å². The zero-order chi connectivity index (χ0) is 43.4. The van der Waals surface area contributed by atoms with E-state index in [1.807, 2.05) is 41.5 Å². The summed E-state index contributed by atoms with van der Waals surface area (Å²) in [5.41, 5.74) is 0.946. The average molecular weight is 761 g/mol. The minimum Gasteiger partial charge on any atom is -0.396 e. The van der Waals surface area contributed by atoms with E-state index in [9.17, 15) is 0 Å². The quantitative estimate of drug-likeness (QED) is 0.216. The molecule has 0 aromatic carbocycles. The van der Waals surface area contributed by atoms with E-state index in [0.717, 1.165) is 25.9 Å². The lowest BCUT2D eigenvalue weighted by atomic mass is 9.96. The fourth-order valence-corrected chi connectivity index (χ4v) is 2.54. The molecule has 4 nitrogen and oxygen atoms in total. The van der Waals surface area contributed by atoms with Gasteiger partial charge in [-0.05, 0) is 164 Å². The van der Waals surface area contributed by atoms with Gasteiger partial charge in [-0.25, -0.2) is 0 Å². The molecule has 0 amide bonds. The molecule has 0 saturated heterocycles. The van der Waals surface area contributed by atoms with Crippen LogP contribution in [0.4, 0.5) is 0 Å². The summed E-state index contributed by atoms with van der Waals surface area (Å²) in [5.74, 6) is 25.2. The molecule has 1 aliphatic carbocycles. The lowest BCUT2D eigenvalue weighted by Gasteiger charge is -2.18. The predicted octanol–water partition coefficient (Wildman–Crippen LogP) is 13.4. The molecule has 320 valence electrons. The molecular weight excluding hydrogens is 665 g/mol. The molecule has 1 aliphatic rings. The second-order valence-corrected chi connectivity index (χ2v) is 20.3. The van der Waals surface area contributed by atoms with E-state index in [1.54, 1.807) is 6.92 Å². The van der Waals surface area contributed by atoms with Crippen molar-refractivity contribution in [2.24, 2.45) is 33.0 Å². The second-order valence-electron chi connectivity index (χ2n) is 20.3. The van der Waals surface area contributed by atoms with E-state index in [2.05, 4.69) is 165 Å². The molecule has 1 fully saturated rings. The fourth-order valence-electron chi connectivity index (χ4n) is 2.54.